The van der Waals surface area contributed by atoms with Gasteiger partial charge < -0.3 is 9.13 Å². The van der Waals surface area contributed by atoms with Gasteiger partial charge in [-0.25, -0.2) is 0 Å². The molecule has 4 aromatic heterocycles. The van der Waals surface area contributed by atoms with E-state index >= 15 is 0 Å². The molecule has 12 aromatic rings. The Morgan fingerprint density at radius 3 is 1.64 bits per heavy atom. The number of thiophene rings is 2. The fourth-order valence-corrected chi connectivity index (χ4v) is 11.5. The summed E-state index contributed by atoms with van der Waals surface area (Å²) < 4.78 is 10.1. The average Bonchev–Trinajstić information content (AvgIpc) is 4.03. The summed E-state index contributed by atoms with van der Waals surface area (Å²) in [6, 6.07) is 62.9. The van der Waals surface area contributed by atoms with E-state index in [9.17, 15) is 0 Å². The SMILES string of the molecule is C=Cc1c(/C=C\C)n(-c2ccc3sc4ccccc4c3c2)c2ccc(-c3ccc4c(c3)c3ccccc3n4-c3ccc4sc5ccc(-c6ccccc6)cc5c4c3)cc12. The Bertz CT molecular complexity index is 3700. The molecule has 0 saturated carbocycles. The van der Waals surface area contributed by atoms with Crippen molar-refractivity contribution in [3.05, 3.63) is 194 Å². The molecular weight excluding hydrogens is 753 g/mol. The van der Waals surface area contributed by atoms with Gasteiger partial charge in [-0.2, -0.15) is 0 Å². The fourth-order valence-electron chi connectivity index (χ4n) is 9.33. The Kier molecular flexibility index (Phi) is 7.68. The molecule has 0 N–H and O–H groups in total. The molecule has 4 heteroatoms. The smallest absolute Gasteiger partial charge is 0.0541 e. The van der Waals surface area contributed by atoms with Crippen LogP contribution in [0.25, 0.3) is 119 Å². The van der Waals surface area contributed by atoms with E-state index in [1.807, 2.05) is 28.7 Å². The third kappa shape index (κ3) is 5.24. The number of benzene rings is 8. The van der Waals surface area contributed by atoms with Crippen molar-refractivity contribution < 1.29 is 0 Å². The zero-order valence-corrected chi connectivity index (χ0v) is 33.9. The summed E-state index contributed by atoms with van der Waals surface area (Å²) >= 11 is 3.72. The summed E-state index contributed by atoms with van der Waals surface area (Å²) in [5, 5.41) is 8.87. The lowest BCUT2D eigenvalue weighted by Crippen LogP contribution is -1.97. The van der Waals surface area contributed by atoms with Gasteiger partial charge in [-0.05, 0) is 120 Å². The summed E-state index contributed by atoms with van der Waals surface area (Å²) in [6.45, 7) is 6.41. The first-order valence-corrected chi connectivity index (χ1v) is 21.7. The van der Waals surface area contributed by atoms with E-state index < -0.39 is 0 Å². The first kappa shape index (κ1) is 34.1. The lowest BCUT2D eigenvalue weighted by atomic mass is 10.00. The number of para-hydroxylation sites is 1. The molecule has 0 unspecified atom stereocenters. The summed E-state index contributed by atoms with van der Waals surface area (Å²) in [5.41, 5.74) is 13.0. The van der Waals surface area contributed by atoms with Gasteiger partial charge in [0.15, 0.2) is 0 Å². The van der Waals surface area contributed by atoms with Gasteiger partial charge in [0, 0.05) is 73.4 Å². The van der Waals surface area contributed by atoms with Crippen LogP contribution in [0.5, 0.6) is 0 Å². The molecule has 0 aliphatic carbocycles. The number of hydrogen-bond donors (Lipinski definition) is 0. The molecule has 0 bridgehead atoms. The maximum Gasteiger partial charge on any atom is 0.0541 e. The highest BCUT2D eigenvalue weighted by atomic mass is 32.1. The van der Waals surface area contributed by atoms with Crippen LogP contribution in [-0.2, 0) is 0 Å². The van der Waals surface area contributed by atoms with Gasteiger partial charge in [-0.1, -0.05) is 104 Å². The predicted molar refractivity (Wildman–Crippen MR) is 259 cm³/mol. The number of nitrogens with zero attached hydrogens (tertiary/aromatic N) is 2. The monoisotopic (exact) mass is 788 g/mol. The quantitative estimate of drug-likeness (QED) is 0.159. The van der Waals surface area contributed by atoms with E-state index in [1.54, 1.807) is 0 Å². The topological polar surface area (TPSA) is 9.86 Å². The first-order valence-electron chi connectivity index (χ1n) is 20.1. The third-order valence-electron chi connectivity index (χ3n) is 12.0. The van der Waals surface area contributed by atoms with E-state index in [1.165, 1.54) is 101 Å². The van der Waals surface area contributed by atoms with E-state index in [0.29, 0.717) is 0 Å². The van der Waals surface area contributed by atoms with Gasteiger partial charge in [-0.3, -0.25) is 0 Å². The molecule has 0 fully saturated rings. The largest absolute Gasteiger partial charge is 0.309 e. The standard InChI is InChI=1S/C55H36N2S2/c1-3-12-48-40(4-2)43-29-36(19-24-50(43)56(48)38-22-27-54-46(32-38)42-16-9-11-18-52(42)58-54)37-20-25-51-44(30-37)41-15-8-10-17-49(41)57(51)39-23-28-55-47(33-39)45-31-35(21-26-53(45)59-55)34-13-6-5-7-14-34/h3-33H,2H2,1H3/b12-3-. The van der Waals surface area contributed by atoms with Gasteiger partial charge in [0.2, 0.25) is 0 Å². The van der Waals surface area contributed by atoms with E-state index in [4.69, 9.17) is 0 Å². The lowest BCUT2D eigenvalue weighted by Gasteiger charge is -2.11. The highest BCUT2D eigenvalue weighted by Gasteiger charge is 2.19. The summed E-state index contributed by atoms with van der Waals surface area (Å²) in [4.78, 5) is 0. The van der Waals surface area contributed by atoms with Crippen LogP contribution >= 0.6 is 22.7 Å². The third-order valence-corrected chi connectivity index (χ3v) is 14.3. The second-order valence-corrected chi connectivity index (χ2v) is 17.5. The van der Waals surface area contributed by atoms with Crippen molar-refractivity contribution in [3.8, 4) is 33.6 Å². The Morgan fingerprint density at radius 2 is 0.915 bits per heavy atom. The molecule has 0 spiro atoms. The minimum atomic E-state index is 1.14. The predicted octanol–water partition coefficient (Wildman–Crippen LogP) is 16.5. The molecule has 4 heterocycles. The Balaban J connectivity index is 1.00. The number of allylic oxidation sites excluding steroid dienone is 1. The Labute approximate surface area is 349 Å². The minimum absolute atomic E-state index is 1.14. The normalized spacial score (nSPS) is 12.2. The second-order valence-electron chi connectivity index (χ2n) is 15.3. The van der Waals surface area contributed by atoms with Crippen LogP contribution in [0.2, 0.25) is 0 Å². The zero-order valence-electron chi connectivity index (χ0n) is 32.3. The van der Waals surface area contributed by atoms with E-state index in [-0.39, 0.29) is 0 Å². The van der Waals surface area contributed by atoms with Crippen LogP contribution in [-0.4, -0.2) is 9.13 Å². The molecule has 8 aromatic carbocycles. The lowest BCUT2D eigenvalue weighted by molar-refractivity contribution is 1.11. The molecule has 12 rings (SSSR count). The van der Waals surface area contributed by atoms with Crippen molar-refractivity contribution in [2.75, 3.05) is 0 Å². The highest BCUT2D eigenvalue weighted by Crippen LogP contribution is 2.42. The van der Waals surface area contributed by atoms with Gasteiger partial charge in [0.05, 0.1) is 22.2 Å². The maximum atomic E-state index is 4.33. The van der Waals surface area contributed by atoms with Gasteiger partial charge in [0.25, 0.3) is 0 Å². The minimum Gasteiger partial charge on any atom is -0.309 e. The molecule has 0 saturated heterocycles. The van der Waals surface area contributed by atoms with Crippen LogP contribution in [0.15, 0.2) is 183 Å². The van der Waals surface area contributed by atoms with Crippen molar-refractivity contribution in [1.82, 2.24) is 9.13 Å². The average molecular weight is 789 g/mol. The molecular formula is C55H36N2S2. The van der Waals surface area contributed by atoms with Crippen LogP contribution in [0.4, 0.5) is 0 Å². The van der Waals surface area contributed by atoms with Crippen LogP contribution in [0.1, 0.15) is 18.2 Å². The van der Waals surface area contributed by atoms with Gasteiger partial charge >= 0.3 is 0 Å². The second kappa shape index (κ2) is 13.3. The van der Waals surface area contributed by atoms with Crippen molar-refractivity contribution in [2.24, 2.45) is 0 Å². The number of rotatable bonds is 6. The van der Waals surface area contributed by atoms with Crippen LogP contribution in [0, 0.1) is 0 Å². The van der Waals surface area contributed by atoms with Gasteiger partial charge in [0.1, 0.15) is 0 Å². The molecule has 0 aliphatic rings. The highest BCUT2D eigenvalue weighted by molar-refractivity contribution is 7.26. The Morgan fingerprint density at radius 1 is 0.407 bits per heavy atom. The van der Waals surface area contributed by atoms with E-state index in [0.717, 1.165) is 16.9 Å². The maximum absolute atomic E-state index is 4.33. The number of aromatic nitrogens is 2. The van der Waals surface area contributed by atoms with E-state index in [2.05, 4.69) is 205 Å². The number of hydrogen-bond acceptors (Lipinski definition) is 2. The van der Waals surface area contributed by atoms with Crippen molar-refractivity contribution in [2.45, 2.75) is 6.92 Å². The van der Waals surface area contributed by atoms with Crippen molar-refractivity contribution in [3.63, 3.8) is 0 Å². The van der Waals surface area contributed by atoms with Crippen LogP contribution < -0.4 is 0 Å². The molecule has 0 radical (unpaired) electrons. The zero-order chi connectivity index (χ0) is 39.2. The number of fused-ring (bicyclic) bond motifs is 10. The molecule has 2 nitrogen and oxygen atoms in total. The summed E-state index contributed by atoms with van der Waals surface area (Å²) in [5.74, 6) is 0. The summed E-state index contributed by atoms with van der Waals surface area (Å²) in [7, 11) is 0. The molecule has 278 valence electrons. The van der Waals surface area contributed by atoms with Crippen molar-refractivity contribution >= 4 is 108 Å². The van der Waals surface area contributed by atoms with Crippen molar-refractivity contribution in [1.29, 1.82) is 0 Å². The molecule has 0 amide bonds. The summed E-state index contributed by atoms with van der Waals surface area (Å²) in [6.07, 6.45) is 6.36. The first-order chi connectivity index (χ1) is 29.1. The molecule has 0 atom stereocenters. The molecule has 59 heavy (non-hydrogen) atoms. The van der Waals surface area contributed by atoms with Crippen LogP contribution in [0.3, 0.4) is 0 Å². The Hall–Kier alpha value is -6.98. The fraction of sp³-hybridized carbons (Fsp3) is 0.0182. The molecule has 0 aliphatic heterocycles. The van der Waals surface area contributed by atoms with Gasteiger partial charge in [-0.15, -0.1) is 22.7 Å².